The van der Waals surface area contributed by atoms with Gasteiger partial charge in [0.25, 0.3) is 0 Å². The molecular formula is C16H30N4. The molecule has 0 bridgehead atoms. The molecule has 1 aliphatic carbocycles. The highest BCUT2D eigenvalue weighted by Crippen LogP contribution is 2.34. The predicted octanol–water partition coefficient (Wildman–Crippen LogP) is 2.95. The summed E-state index contributed by atoms with van der Waals surface area (Å²) in [5.41, 5.74) is 7.43. The first kappa shape index (κ1) is 15.5. The van der Waals surface area contributed by atoms with Crippen molar-refractivity contribution in [2.75, 3.05) is 13.6 Å². The minimum Gasteiger partial charge on any atom is -0.329 e. The average Bonchev–Trinajstić information content (AvgIpc) is 3.10. The average molecular weight is 278 g/mol. The Morgan fingerprint density at radius 2 is 2.00 bits per heavy atom. The zero-order valence-electron chi connectivity index (χ0n) is 13.3. The fraction of sp³-hybridized carbons (Fsp3) is 0.812. The molecule has 114 valence electrons. The lowest BCUT2D eigenvalue weighted by Crippen LogP contribution is -2.49. The topological polar surface area (TPSA) is 47.1 Å². The Kier molecular flexibility index (Phi) is 5.22. The first-order valence-corrected chi connectivity index (χ1v) is 8.10. The van der Waals surface area contributed by atoms with Crippen LogP contribution in [0.1, 0.15) is 64.1 Å². The quantitative estimate of drug-likeness (QED) is 0.834. The zero-order chi connectivity index (χ0) is 14.6. The molecule has 0 saturated heterocycles. The van der Waals surface area contributed by atoms with E-state index in [0.29, 0.717) is 6.04 Å². The number of aromatic nitrogens is 2. The first-order valence-electron chi connectivity index (χ1n) is 8.10. The van der Waals surface area contributed by atoms with Crippen LogP contribution in [0.2, 0.25) is 0 Å². The second-order valence-corrected chi connectivity index (χ2v) is 6.25. The van der Waals surface area contributed by atoms with Crippen LogP contribution in [0.3, 0.4) is 0 Å². The number of likely N-dealkylation sites (N-methyl/N-ethyl adjacent to an activating group) is 1. The van der Waals surface area contributed by atoms with Gasteiger partial charge in [-0.25, -0.2) is 0 Å². The number of nitrogens with zero attached hydrogens (tertiary/aromatic N) is 3. The van der Waals surface area contributed by atoms with Crippen molar-refractivity contribution in [3.8, 4) is 0 Å². The smallest absolute Gasteiger partial charge is 0.0764 e. The van der Waals surface area contributed by atoms with Gasteiger partial charge in [0.1, 0.15) is 0 Å². The normalized spacial score (nSPS) is 18.3. The van der Waals surface area contributed by atoms with E-state index in [1.807, 2.05) is 0 Å². The maximum Gasteiger partial charge on any atom is 0.0764 e. The lowest BCUT2D eigenvalue weighted by Gasteiger charge is -2.37. The summed E-state index contributed by atoms with van der Waals surface area (Å²) < 4.78 is 2.13. The van der Waals surface area contributed by atoms with Gasteiger partial charge in [0.15, 0.2) is 0 Å². The highest BCUT2D eigenvalue weighted by Gasteiger charge is 2.36. The summed E-state index contributed by atoms with van der Waals surface area (Å²) in [4.78, 5) is 2.43. The molecule has 2 rings (SSSR count). The van der Waals surface area contributed by atoms with Crippen LogP contribution < -0.4 is 5.73 Å². The Labute approximate surface area is 123 Å². The lowest BCUT2D eigenvalue weighted by molar-refractivity contribution is 0.122. The number of hydrogen-bond acceptors (Lipinski definition) is 3. The third kappa shape index (κ3) is 3.07. The largest absolute Gasteiger partial charge is 0.329 e. The summed E-state index contributed by atoms with van der Waals surface area (Å²) in [7, 11) is 2.20. The van der Waals surface area contributed by atoms with Gasteiger partial charge >= 0.3 is 0 Å². The van der Waals surface area contributed by atoms with Gasteiger partial charge in [-0.1, -0.05) is 26.7 Å². The van der Waals surface area contributed by atoms with Crippen molar-refractivity contribution >= 4 is 0 Å². The van der Waals surface area contributed by atoms with E-state index < -0.39 is 0 Å². The molecular weight excluding hydrogens is 248 g/mol. The molecule has 1 heterocycles. The van der Waals surface area contributed by atoms with E-state index in [1.54, 1.807) is 0 Å². The molecule has 4 nitrogen and oxygen atoms in total. The molecule has 1 aliphatic rings. The summed E-state index contributed by atoms with van der Waals surface area (Å²) in [6.45, 7) is 6.12. The van der Waals surface area contributed by atoms with Crippen LogP contribution in [0, 0.1) is 0 Å². The maximum absolute atomic E-state index is 6.05. The minimum atomic E-state index is 0.207. The van der Waals surface area contributed by atoms with Gasteiger partial charge in [-0.3, -0.25) is 9.58 Å². The number of rotatable bonds is 7. The minimum absolute atomic E-state index is 0.207. The van der Waals surface area contributed by atoms with Crippen LogP contribution in [0.5, 0.6) is 0 Å². The second kappa shape index (κ2) is 6.72. The van der Waals surface area contributed by atoms with Gasteiger partial charge in [0.2, 0.25) is 0 Å². The summed E-state index contributed by atoms with van der Waals surface area (Å²) in [6, 6.07) is 2.69. The fourth-order valence-electron chi connectivity index (χ4n) is 3.51. The molecule has 20 heavy (non-hydrogen) atoms. The zero-order valence-corrected chi connectivity index (χ0v) is 13.3. The van der Waals surface area contributed by atoms with Gasteiger partial charge in [-0.2, -0.15) is 5.10 Å². The second-order valence-electron chi connectivity index (χ2n) is 6.25. The van der Waals surface area contributed by atoms with Crippen molar-refractivity contribution in [1.82, 2.24) is 14.7 Å². The molecule has 0 aliphatic heterocycles. The van der Waals surface area contributed by atoms with Gasteiger partial charge in [-0.05, 0) is 38.8 Å². The SMILES string of the molecule is CCC(CC)n1ccc(CN(C)C2(CN)CCCC2)n1. The molecule has 0 atom stereocenters. The van der Waals surface area contributed by atoms with Gasteiger partial charge in [0.05, 0.1) is 11.7 Å². The molecule has 4 heteroatoms. The van der Waals surface area contributed by atoms with Crippen molar-refractivity contribution in [3.63, 3.8) is 0 Å². The Morgan fingerprint density at radius 1 is 1.35 bits per heavy atom. The van der Waals surface area contributed by atoms with Crippen LogP contribution >= 0.6 is 0 Å². The predicted molar refractivity (Wildman–Crippen MR) is 83.6 cm³/mol. The van der Waals surface area contributed by atoms with E-state index in [0.717, 1.165) is 25.9 Å². The lowest BCUT2D eigenvalue weighted by atomic mass is 9.95. The van der Waals surface area contributed by atoms with Crippen molar-refractivity contribution < 1.29 is 0 Å². The summed E-state index contributed by atoms with van der Waals surface area (Å²) in [5.74, 6) is 0. The summed E-state index contributed by atoms with van der Waals surface area (Å²) in [5, 5.41) is 4.76. The molecule has 0 radical (unpaired) electrons. The van der Waals surface area contributed by atoms with Crippen LogP contribution in [0.15, 0.2) is 12.3 Å². The molecule has 1 aromatic rings. The number of hydrogen-bond donors (Lipinski definition) is 1. The fourth-order valence-corrected chi connectivity index (χ4v) is 3.51. The third-order valence-electron chi connectivity index (χ3n) is 5.10. The van der Waals surface area contributed by atoms with Crippen LogP contribution in [0.4, 0.5) is 0 Å². The molecule has 1 fully saturated rings. The molecule has 2 N–H and O–H groups in total. The Bertz CT molecular complexity index is 402. The number of nitrogens with two attached hydrogens (primary N) is 1. The molecule has 0 aromatic carbocycles. The van der Waals surface area contributed by atoms with Gasteiger partial charge in [-0.15, -0.1) is 0 Å². The van der Waals surface area contributed by atoms with E-state index in [9.17, 15) is 0 Å². The van der Waals surface area contributed by atoms with E-state index in [-0.39, 0.29) is 5.54 Å². The monoisotopic (exact) mass is 278 g/mol. The van der Waals surface area contributed by atoms with Crippen molar-refractivity contribution in [2.45, 2.75) is 70.5 Å². The maximum atomic E-state index is 6.05. The summed E-state index contributed by atoms with van der Waals surface area (Å²) in [6.07, 6.45) is 9.49. The van der Waals surface area contributed by atoms with Crippen LogP contribution in [0.25, 0.3) is 0 Å². The Balaban J connectivity index is 2.02. The molecule has 0 unspecified atom stereocenters. The standard InChI is InChI=1S/C16H30N4/c1-4-15(5-2)20-11-8-14(18-20)12-19(3)16(13-17)9-6-7-10-16/h8,11,15H,4-7,9-10,12-13,17H2,1-3H3. The van der Waals surface area contributed by atoms with E-state index in [1.165, 1.54) is 31.4 Å². The van der Waals surface area contributed by atoms with Crippen LogP contribution in [-0.4, -0.2) is 33.8 Å². The highest BCUT2D eigenvalue weighted by molar-refractivity contribution is 5.03. The van der Waals surface area contributed by atoms with Crippen LogP contribution in [-0.2, 0) is 6.54 Å². The van der Waals surface area contributed by atoms with E-state index in [2.05, 4.69) is 42.7 Å². The molecule has 1 aromatic heterocycles. The third-order valence-corrected chi connectivity index (χ3v) is 5.10. The van der Waals surface area contributed by atoms with E-state index >= 15 is 0 Å². The Morgan fingerprint density at radius 3 is 2.55 bits per heavy atom. The molecule has 0 amide bonds. The summed E-state index contributed by atoms with van der Waals surface area (Å²) >= 11 is 0. The van der Waals surface area contributed by atoms with Gasteiger partial charge in [0, 0.05) is 24.8 Å². The van der Waals surface area contributed by atoms with Crippen molar-refractivity contribution in [2.24, 2.45) is 5.73 Å². The highest BCUT2D eigenvalue weighted by atomic mass is 15.3. The van der Waals surface area contributed by atoms with Crippen molar-refractivity contribution in [3.05, 3.63) is 18.0 Å². The van der Waals surface area contributed by atoms with E-state index in [4.69, 9.17) is 10.8 Å². The first-order chi connectivity index (χ1) is 9.65. The molecule has 1 saturated carbocycles. The molecule has 0 spiro atoms. The van der Waals surface area contributed by atoms with Crippen molar-refractivity contribution in [1.29, 1.82) is 0 Å². The Hall–Kier alpha value is -0.870. The van der Waals surface area contributed by atoms with Gasteiger partial charge < -0.3 is 5.73 Å².